The quantitative estimate of drug-likeness (QED) is 0.419. The van der Waals surface area contributed by atoms with E-state index in [9.17, 15) is 4.79 Å². The molecule has 0 aliphatic heterocycles. The first-order chi connectivity index (χ1) is 5.29. The van der Waals surface area contributed by atoms with E-state index in [2.05, 4.69) is 0 Å². The number of carbonyl (C=O) groups is 1. The highest BCUT2D eigenvalue weighted by molar-refractivity contribution is 5.46. The van der Waals surface area contributed by atoms with E-state index in [0.29, 0.717) is 0 Å². The fourth-order valence-electron chi connectivity index (χ4n) is 0.867. The Balaban J connectivity index is 3.86. The zero-order valence-corrected chi connectivity index (χ0v) is 7.24. The van der Waals surface area contributed by atoms with Gasteiger partial charge in [0, 0.05) is 14.2 Å². The lowest BCUT2D eigenvalue weighted by Crippen LogP contribution is -2.36. The first kappa shape index (κ1) is 10.4. The van der Waals surface area contributed by atoms with E-state index in [0.717, 1.165) is 12.8 Å². The molecule has 0 aromatic heterocycles. The van der Waals surface area contributed by atoms with Gasteiger partial charge in [0.25, 0.3) is 0 Å². The van der Waals surface area contributed by atoms with Gasteiger partial charge < -0.3 is 9.47 Å². The number of amides is 1. The zero-order chi connectivity index (χ0) is 8.69. The van der Waals surface area contributed by atoms with Gasteiger partial charge in [0.05, 0.1) is 0 Å². The highest BCUT2D eigenvalue weighted by atomic mass is 16.5. The third kappa shape index (κ3) is 3.34. The van der Waals surface area contributed by atoms with Crippen LogP contribution in [0.4, 0.5) is 0 Å². The summed E-state index contributed by atoms with van der Waals surface area (Å²) in [7, 11) is 3.11. The fraction of sp³-hybridized carbons (Fsp3) is 0.857. The molecule has 0 fully saturated rings. The van der Waals surface area contributed by atoms with Gasteiger partial charge in [-0.1, -0.05) is 6.92 Å². The molecule has 0 aromatic rings. The summed E-state index contributed by atoms with van der Waals surface area (Å²) in [5.41, 5.74) is 0. The second-order valence-electron chi connectivity index (χ2n) is 2.14. The number of carbonyl (C=O) groups excluding carboxylic acids is 1. The van der Waals surface area contributed by atoms with Crippen molar-refractivity contribution in [2.24, 2.45) is 0 Å². The molecular weight excluding hydrogens is 146 g/mol. The highest BCUT2D eigenvalue weighted by Crippen LogP contribution is 2.01. The van der Waals surface area contributed by atoms with Crippen LogP contribution in [0, 0.1) is 0 Å². The Morgan fingerprint density at radius 2 is 2.18 bits per heavy atom. The summed E-state index contributed by atoms with van der Waals surface area (Å²) in [4.78, 5) is 11.9. The van der Waals surface area contributed by atoms with Crippen molar-refractivity contribution in [1.29, 1.82) is 0 Å². The van der Waals surface area contributed by atoms with E-state index in [1.54, 1.807) is 14.2 Å². The van der Waals surface area contributed by atoms with Crippen LogP contribution in [-0.2, 0) is 14.3 Å². The largest absolute Gasteiger partial charge is 0.364 e. The van der Waals surface area contributed by atoms with Gasteiger partial charge in [0.1, 0.15) is 13.0 Å². The molecule has 0 rings (SSSR count). The van der Waals surface area contributed by atoms with Crippen LogP contribution in [-0.4, -0.2) is 38.5 Å². The monoisotopic (exact) mass is 161 g/mol. The Labute approximate surface area is 67.1 Å². The first-order valence-electron chi connectivity index (χ1n) is 3.52. The lowest BCUT2D eigenvalue weighted by Gasteiger charge is -2.24. The van der Waals surface area contributed by atoms with Crippen molar-refractivity contribution in [3.05, 3.63) is 0 Å². The molecule has 0 N–H and O–H groups in total. The Bertz CT molecular complexity index is 104. The zero-order valence-electron chi connectivity index (χ0n) is 7.24. The fourth-order valence-corrected chi connectivity index (χ4v) is 0.867. The third-order valence-corrected chi connectivity index (χ3v) is 1.40. The van der Waals surface area contributed by atoms with Crippen LogP contribution in [0.5, 0.6) is 0 Å². The average molecular weight is 161 g/mol. The molecule has 0 radical (unpaired) electrons. The minimum Gasteiger partial charge on any atom is -0.364 e. The lowest BCUT2D eigenvalue weighted by molar-refractivity contribution is -0.139. The Hall–Kier alpha value is -0.610. The van der Waals surface area contributed by atoms with Crippen LogP contribution in [0.1, 0.15) is 13.3 Å². The van der Waals surface area contributed by atoms with E-state index in [4.69, 9.17) is 9.47 Å². The lowest BCUT2D eigenvalue weighted by atomic mass is 10.4. The normalized spacial score (nSPS) is 12.6. The highest BCUT2D eigenvalue weighted by Gasteiger charge is 2.12. The van der Waals surface area contributed by atoms with Gasteiger partial charge in [0.15, 0.2) is 0 Å². The van der Waals surface area contributed by atoms with E-state index in [1.807, 2.05) is 6.92 Å². The molecule has 1 atom stereocenters. The van der Waals surface area contributed by atoms with Crippen molar-refractivity contribution in [2.75, 3.05) is 21.0 Å². The van der Waals surface area contributed by atoms with Crippen molar-refractivity contribution in [3.63, 3.8) is 0 Å². The van der Waals surface area contributed by atoms with Gasteiger partial charge in [-0.15, -0.1) is 0 Å². The second kappa shape index (κ2) is 6.12. The predicted octanol–water partition coefficient (Wildman–Crippen LogP) is 0.431. The number of nitrogens with zero attached hydrogens (tertiary/aromatic N) is 1. The molecule has 1 amide bonds. The van der Waals surface area contributed by atoms with Gasteiger partial charge in [-0.25, -0.2) is 0 Å². The molecule has 4 nitrogen and oxygen atoms in total. The molecule has 0 aliphatic rings. The molecule has 0 saturated heterocycles. The summed E-state index contributed by atoms with van der Waals surface area (Å²) >= 11 is 0. The molecule has 0 spiro atoms. The molecular formula is C7H15NO3. The van der Waals surface area contributed by atoms with Gasteiger partial charge in [-0.3, -0.25) is 9.69 Å². The van der Waals surface area contributed by atoms with Crippen molar-refractivity contribution in [3.8, 4) is 0 Å². The van der Waals surface area contributed by atoms with Gasteiger partial charge >= 0.3 is 0 Å². The Morgan fingerprint density at radius 1 is 1.55 bits per heavy atom. The molecule has 0 bridgehead atoms. The third-order valence-electron chi connectivity index (χ3n) is 1.40. The Morgan fingerprint density at radius 3 is 2.45 bits per heavy atom. The first-order valence-corrected chi connectivity index (χ1v) is 3.52. The number of ether oxygens (including phenoxy) is 2. The average Bonchev–Trinajstić information content (AvgIpc) is 2.05. The van der Waals surface area contributed by atoms with Gasteiger partial charge in [0.2, 0.25) is 6.41 Å². The molecule has 11 heavy (non-hydrogen) atoms. The smallest absolute Gasteiger partial charge is 0.213 e. The second-order valence-corrected chi connectivity index (χ2v) is 2.14. The van der Waals surface area contributed by atoms with Crippen LogP contribution in [0.15, 0.2) is 0 Å². The minimum atomic E-state index is -0.174. The van der Waals surface area contributed by atoms with Gasteiger partial charge in [-0.2, -0.15) is 0 Å². The Kier molecular flexibility index (Phi) is 5.78. The minimum absolute atomic E-state index is 0.174. The van der Waals surface area contributed by atoms with E-state index >= 15 is 0 Å². The van der Waals surface area contributed by atoms with Crippen molar-refractivity contribution >= 4 is 6.41 Å². The predicted molar refractivity (Wildman–Crippen MR) is 40.9 cm³/mol. The number of hydrogen-bond acceptors (Lipinski definition) is 3. The maximum absolute atomic E-state index is 10.4. The topological polar surface area (TPSA) is 38.8 Å². The van der Waals surface area contributed by atoms with Crippen molar-refractivity contribution < 1.29 is 14.3 Å². The van der Waals surface area contributed by atoms with Crippen LogP contribution < -0.4 is 0 Å². The van der Waals surface area contributed by atoms with Crippen molar-refractivity contribution in [1.82, 2.24) is 4.90 Å². The van der Waals surface area contributed by atoms with E-state index in [-0.39, 0.29) is 13.0 Å². The molecule has 1 unspecified atom stereocenters. The summed E-state index contributed by atoms with van der Waals surface area (Å²) in [6.07, 6.45) is 1.31. The van der Waals surface area contributed by atoms with Crippen LogP contribution >= 0.6 is 0 Å². The summed E-state index contributed by atoms with van der Waals surface area (Å²) in [5.74, 6) is 0. The summed E-state index contributed by atoms with van der Waals surface area (Å²) < 4.78 is 9.81. The maximum Gasteiger partial charge on any atom is 0.213 e. The molecule has 0 aromatic carbocycles. The van der Waals surface area contributed by atoms with Crippen LogP contribution in [0.3, 0.4) is 0 Å². The molecule has 0 aliphatic carbocycles. The molecule has 4 heteroatoms. The van der Waals surface area contributed by atoms with Gasteiger partial charge in [-0.05, 0) is 6.42 Å². The summed E-state index contributed by atoms with van der Waals surface area (Å²) in [6.45, 7) is 2.22. The standard InChI is InChI=1S/C7H15NO3/c1-4-7(11-3)8(5-9)6-10-2/h5,7H,4,6H2,1-3H3. The summed E-state index contributed by atoms with van der Waals surface area (Å²) in [6, 6.07) is 0. The molecule has 0 saturated carbocycles. The van der Waals surface area contributed by atoms with E-state index < -0.39 is 0 Å². The number of hydrogen-bond donors (Lipinski definition) is 0. The van der Waals surface area contributed by atoms with E-state index in [1.165, 1.54) is 4.90 Å². The SMILES string of the molecule is CCC(OC)N(C=O)COC. The molecule has 66 valence electrons. The van der Waals surface area contributed by atoms with Crippen LogP contribution in [0.25, 0.3) is 0 Å². The van der Waals surface area contributed by atoms with Crippen LogP contribution in [0.2, 0.25) is 0 Å². The molecule has 0 heterocycles. The number of methoxy groups -OCH3 is 2. The van der Waals surface area contributed by atoms with Crippen molar-refractivity contribution in [2.45, 2.75) is 19.6 Å². The maximum atomic E-state index is 10.4. The summed E-state index contributed by atoms with van der Waals surface area (Å²) in [5, 5.41) is 0. The number of rotatable bonds is 6.